The van der Waals surface area contributed by atoms with Crippen LogP contribution in [0.1, 0.15) is 20.3 Å². The Labute approximate surface area is 108 Å². The molecule has 0 aliphatic rings. The van der Waals surface area contributed by atoms with Crippen LogP contribution in [0.2, 0.25) is 0 Å². The molecule has 0 fully saturated rings. The van der Waals surface area contributed by atoms with Crippen LogP contribution in [-0.2, 0) is 9.53 Å². The van der Waals surface area contributed by atoms with Crippen LogP contribution in [0.3, 0.4) is 0 Å². The minimum absolute atomic E-state index is 0.190. The van der Waals surface area contributed by atoms with Crippen LogP contribution in [0.25, 0.3) is 0 Å². The van der Waals surface area contributed by atoms with Crippen molar-refractivity contribution in [2.45, 2.75) is 20.3 Å². The first-order valence-corrected chi connectivity index (χ1v) is 6.12. The van der Waals surface area contributed by atoms with Crippen molar-refractivity contribution in [2.24, 2.45) is 0 Å². The van der Waals surface area contributed by atoms with E-state index in [0.29, 0.717) is 18.2 Å². The first-order valence-electron chi connectivity index (χ1n) is 6.12. The molecular formula is C13H20N2O3. The molecule has 18 heavy (non-hydrogen) atoms. The molecule has 0 spiro atoms. The quantitative estimate of drug-likeness (QED) is 0.693. The Morgan fingerprint density at radius 1 is 1.44 bits per heavy atom. The zero-order chi connectivity index (χ0) is 13.4. The standard InChI is InChI=1S/C13H20N2O3/c1-4-9-15(10-12(16)18-5-2)13-11(17-3)7-6-8-14-13/h6-8H,4-5,9-10H2,1-3H3. The van der Waals surface area contributed by atoms with Gasteiger partial charge in [0.25, 0.3) is 0 Å². The summed E-state index contributed by atoms with van der Waals surface area (Å²) in [5.74, 6) is 1.09. The van der Waals surface area contributed by atoms with Gasteiger partial charge in [-0.05, 0) is 25.5 Å². The molecule has 5 nitrogen and oxygen atoms in total. The van der Waals surface area contributed by atoms with Crippen molar-refractivity contribution in [1.82, 2.24) is 4.98 Å². The molecule has 0 bridgehead atoms. The van der Waals surface area contributed by atoms with Crippen molar-refractivity contribution in [2.75, 3.05) is 31.7 Å². The number of pyridine rings is 1. The molecule has 0 radical (unpaired) electrons. The van der Waals surface area contributed by atoms with Crippen LogP contribution in [-0.4, -0.2) is 37.8 Å². The third-order valence-corrected chi connectivity index (χ3v) is 2.39. The number of aromatic nitrogens is 1. The largest absolute Gasteiger partial charge is 0.493 e. The fraction of sp³-hybridized carbons (Fsp3) is 0.538. The van der Waals surface area contributed by atoms with Crippen LogP contribution in [0.4, 0.5) is 5.82 Å². The minimum Gasteiger partial charge on any atom is -0.493 e. The monoisotopic (exact) mass is 252 g/mol. The molecule has 0 aliphatic heterocycles. The van der Waals surface area contributed by atoms with Gasteiger partial charge in [0.1, 0.15) is 6.54 Å². The lowest BCUT2D eigenvalue weighted by Gasteiger charge is -2.23. The highest BCUT2D eigenvalue weighted by molar-refractivity contribution is 5.76. The minimum atomic E-state index is -0.251. The van der Waals surface area contributed by atoms with Gasteiger partial charge in [0.15, 0.2) is 11.6 Å². The molecule has 100 valence electrons. The molecule has 0 saturated heterocycles. The van der Waals surface area contributed by atoms with E-state index in [2.05, 4.69) is 4.98 Å². The van der Waals surface area contributed by atoms with E-state index in [9.17, 15) is 4.79 Å². The average Bonchev–Trinajstić information content (AvgIpc) is 2.38. The number of ether oxygens (including phenoxy) is 2. The predicted octanol–water partition coefficient (Wildman–Crippen LogP) is 1.87. The Bertz CT molecular complexity index is 382. The Hall–Kier alpha value is -1.78. The highest BCUT2D eigenvalue weighted by Crippen LogP contribution is 2.24. The van der Waals surface area contributed by atoms with Crippen LogP contribution < -0.4 is 9.64 Å². The van der Waals surface area contributed by atoms with Gasteiger partial charge < -0.3 is 14.4 Å². The van der Waals surface area contributed by atoms with Gasteiger partial charge in [-0.15, -0.1) is 0 Å². The van der Waals surface area contributed by atoms with E-state index >= 15 is 0 Å². The number of rotatable bonds is 7. The third kappa shape index (κ3) is 3.91. The number of nitrogens with zero attached hydrogens (tertiary/aromatic N) is 2. The average molecular weight is 252 g/mol. The second-order valence-electron chi connectivity index (χ2n) is 3.76. The van der Waals surface area contributed by atoms with Crippen LogP contribution in [0.5, 0.6) is 5.75 Å². The first kappa shape index (κ1) is 14.3. The molecule has 1 aromatic rings. The van der Waals surface area contributed by atoms with Crippen molar-refractivity contribution in [1.29, 1.82) is 0 Å². The summed E-state index contributed by atoms with van der Waals surface area (Å²) < 4.78 is 10.2. The molecule has 5 heteroatoms. The number of esters is 1. The number of hydrogen-bond acceptors (Lipinski definition) is 5. The topological polar surface area (TPSA) is 51.7 Å². The lowest BCUT2D eigenvalue weighted by molar-refractivity contribution is -0.141. The van der Waals surface area contributed by atoms with Crippen molar-refractivity contribution < 1.29 is 14.3 Å². The van der Waals surface area contributed by atoms with E-state index in [4.69, 9.17) is 9.47 Å². The lowest BCUT2D eigenvalue weighted by Crippen LogP contribution is -2.32. The zero-order valence-electron chi connectivity index (χ0n) is 11.2. The van der Waals surface area contributed by atoms with E-state index < -0.39 is 0 Å². The summed E-state index contributed by atoms with van der Waals surface area (Å²) in [6.45, 7) is 5.15. The van der Waals surface area contributed by atoms with Gasteiger partial charge in [0.2, 0.25) is 0 Å². The maximum Gasteiger partial charge on any atom is 0.325 e. The fourth-order valence-corrected chi connectivity index (χ4v) is 1.67. The summed E-state index contributed by atoms with van der Waals surface area (Å²) >= 11 is 0. The molecule has 1 rings (SSSR count). The molecule has 0 N–H and O–H groups in total. The summed E-state index contributed by atoms with van der Waals surface area (Å²) in [5, 5.41) is 0. The van der Waals surface area contributed by atoms with E-state index in [1.807, 2.05) is 17.9 Å². The summed E-state index contributed by atoms with van der Waals surface area (Å²) in [4.78, 5) is 17.7. The number of carbonyl (C=O) groups excluding carboxylic acids is 1. The number of methoxy groups -OCH3 is 1. The Morgan fingerprint density at radius 2 is 2.22 bits per heavy atom. The van der Waals surface area contributed by atoms with Gasteiger partial charge in [-0.1, -0.05) is 6.92 Å². The second-order valence-corrected chi connectivity index (χ2v) is 3.76. The highest BCUT2D eigenvalue weighted by Gasteiger charge is 2.16. The normalized spacial score (nSPS) is 9.94. The van der Waals surface area contributed by atoms with Gasteiger partial charge in [-0.25, -0.2) is 4.98 Å². The molecule has 0 aliphatic carbocycles. The Balaban J connectivity index is 2.86. The van der Waals surface area contributed by atoms with E-state index in [1.54, 1.807) is 26.3 Å². The third-order valence-electron chi connectivity index (χ3n) is 2.39. The predicted molar refractivity (Wildman–Crippen MR) is 69.9 cm³/mol. The van der Waals surface area contributed by atoms with Gasteiger partial charge >= 0.3 is 5.97 Å². The smallest absolute Gasteiger partial charge is 0.325 e. The van der Waals surface area contributed by atoms with Crippen molar-refractivity contribution in [3.05, 3.63) is 18.3 Å². The lowest BCUT2D eigenvalue weighted by atomic mass is 10.3. The summed E-state index contributed by atoms with van der Waals surface area (Å²) in [5.41, 5.74) is 0. The van der Waals surface area contributed by atoms with Gasteiger partial charge in [-0.3, -0.25) is 4.79 Å². The highest BCUT2D eigenvalue weighted by atomic mass is 16.5. The zero-order valence-corrected chi connectivity index (χ0v) is 11.2. The maximum atomic E-state index is 11.6. The number of hydrogen-bond donors (Lipinski definition) is 0. The SMILES string of the molecule is CCCN(CC(=O)OCC)c1ncccc1OC. The van der Waals surface area contributed by atoms with E-state index in [-0.39, 0.29) is 12.5 Å². The van der Waals surface area contributed by atoms with Crippen molar-refractivity contribution in [3.63, 3.8) is 0 Å². The van der Waals surface area contributed by atoms with Gasteiger partial charge in [0, 0.05) is 12.7 Å². The summed E-state index contributed by atoms with van der Waals surface area (Å²) in [7, 11) is 1.59. The summed E-state index contributed by atoms with van der Waals surface area (Å²) in [6.07, 6.45) is 2.60. The fourth-order valence-electron chi connectivity index (χ4n) is 1.67. The van der Waals surface area contributed by atoms with Crippen molar-refractivity contribution in [3.8, 4) is 5.75 Å². The maximum absolute atomic E-state index is 11.6. The van der Waals surface area contributed by atoms with Crippen LogP contribution >= 0.6 is 0 Å². The van der Waals surface area contributed by atoms with Crippen LogP contribution in [0.15, 0.2) is 18.3 Å². The summed E-state index contributed by atoms with van der Waals surface area (Å²) in [6, 6.07) is 3.63. The molecule has 1 aromatic heterocycles. The molecule has 0 unspecified atom stereocenters. The molecule has 0 aromatic carbocycles. The number of carbonyl (C=O) groups is 1. The van der Waals surface area contributed by atoms with Crippen LogP contribution in [0, 0.1) is 0 Å². The molecular weight excluding hydrogens is 232 g/mol. The van der Waals surface area contributed by atoms with E-state index in [1.165, 1.54) is 0 Å². The Kier molecular flexibility index (Phi) is 5.97. The molecule has 1 heterocycles. The second kappa shape index (κ2) is 7.53. The van der Waals surface area contributed by atoms with Crippen molar-refractivity contribution >= 4 is 11.8 Å². The first-order chi connectivity index (χ1) is 8.72. The molecule has 0 atom stereocenters. The van der Waals surface area contributed by atoms with Gasteiger partial charge in [-0.2, -0.15) is 0 Å². The Morgan fingerprint density at radius 3 is 2.83 bits per heavy atom. The number of anilines is 1. The molecule has 0 saturated carbocycles. The van der Waals surface area contributed by atoms with E-state index in [0.717, 1.165) is 13.0 Å². The molecule has 0 amide bonds. The van der Waals surface area contributed by atoms with Gasteiger partial charge in [0.05, 0.1) is 13.7 Å².